The molecule has 0 spiro atoms. The second kappa shape index (κ2) is 8.44. The molecule has 2 aromatic rings. The molecule has 0 fully saturated rings. The molecule has 0 atom stereocenters. The van der Waals surface area contributed by atoms with Crippen LogP contribution in [-0.4, -0.2) is 23.4 Å². The molecule has 0 aromatic heterocycles. The van der Waals surface area contributed by atoms with Crippen molar-refractivity contribution in [1.29, 1.82) is 0 Å². The van der Waals surface area contributed by atoms with Crippen molar-refractivity contribution in [2.75, 3.05) is 11.9 Å². The van der Waals surface area contributed by atoms with E-state index in [1.807, 2.05) is 18.2 Å². The van der Waals surface area contributed by atoms with Crippen molar-refractivity contribution < 1.29 is 9.18 Å². The van der Waals surface area contributed by atoms with Crippen LogP contribution < -0.4 is 5.32 Å². The van der Waals surface area contributed by atoms with Gasteiger partial charge in [0.25, 0.3) is 0 Å². The minimum atomic E-state index is -0.411. The van der Waals surface area contributed by atoms with Crippen LogP contribution in [0.1, 0.15) is 25.8 Å². The second-order valence-corrected chi connectivity index (χ2v) is 5.83. The Kier molecular flexibility index (Phi) is 6.29. The Balaban J connectivity index is 1.88. The standard InChI is InChI=1S/C19H23FN2O/c1-15(2)22(14-16-8-4-3-5-9-16)13-12-19(23)21-18-11-7-6-10-17(18)20/h3-11,15H,12-14H2,1-2H3,(H,21,23). The van der Waals surface area contributed by atoms with Gasteiger partial charge in [-0.2, -0.15) is 0 Å². The van der Waals surface area contributed by atoms with Crippen molar-refractivity contribution in [3.63, 3.8) is 0 Å². The summed E-state index contributed by atoms with van der Waals surface area (Å²) in [5.41, 5.74) is 1.45. The van der Waals surface area contributed by atoms with E-state index in [-0.39, 0.29) is 11.6 Å². The van der Waals surface area contributed by atoms with Gasteiger partial charge in [-0.15, -0.1) is 0 Å². The molecule has 0 heterocycles. The summed E-state index contributed by atoms with van der Waals surface area (Å²) in [5.74, 6) is -0.584. The first-order valence-electron chi connectivity index (χ1n) is 7.88. The first-order chi connectivity index (χ1) is 11.1. The summed E-state index contributed by atoms with van der Waals surface area (Å²) in [6, 6.07) is 16.7. The molecule has 122 valence electrons. The van der Waals surface area contributed by atoms with Gasteiger partial charge in [-0.05, 0) is 31.5 Å². The highest BCUT2D eigenvalue weighted by atomic mass is 19.1. The summed E-state index contributed by atoms with van der Waals surface area (Å²) >= 11 is 0. The van der Waals surface area contributed by atoms with E-state index in [0.29, 0.717) is 19.0 Å². The van der Waals surface area contributed by atoms with Gasteiger partial charge in [0.2, 0.25) is 5.91 Å². The molecule has 1 N–H and O–H groups in total. The maximum Gasteiger partial charge on any atom is 0.225 e. The zero-order valence-corrected chi connectivity index (χ0v) is 13.6. The van der Waals surface area contributed by atoms with Gasteiger partial charge in [-0.25, -0.2) is 4.39 Å². The number of anilines is 1. The van der Waals surface area contributed by atoms with Gasteiger partial charge in [0.1, 0.15) is 5.82 Å². The van der Waals surface area contributed by atoms with Crippen LogP contribution in [0.25, 0.3) is 0 Å². The third kappa shape index (κ3) is 5.49. The van der Waals surface area contributed by atoms with Crippen molar-refractivity contribution in [2.24, 2.45) is 0 Å². The maximum absolute atomic E-state index is 13.5. The van der Waals surface area contributed by atoms with E-state index in [0.717, 1.165) is 6.54 Å². The SMILES string of the molecule is CC(C)N(CCC(=O)Nc1ccccc1F)Cc1ccccc1. The number of hydrogen-bond acceptors (Lipinski definition) is 2. The Morgan fingerprint density at radius 3 is 2.39 bits per heavy atom. The lowest BCUT2D eigenvalue weighted by atomic mass is 10.2. The molecule has 0 saturated carbocycles. The smallest absolute Gasteiger partial charge is 0.225 e. The summed E-state index contributed by atoms with van der Waals surface area (Å²) in [4.78, 5) is 14.3. The minimum Gasteiger partial charge on any atom is -0.324 e. The molecule has 2 aromatic carbocycles. The monoisotopic (exact) mass is 314 g/mol. The van der Waals surface area contributed by atoms with Gasteiger partial charge in [0.15, 0.2) is 0 Å². The highest BCUT2D eigenvalue weighted by molar-refractivity contribution is 5.90. The molecule has 0 bridgehead atoms. The number of carbonyl (C=O) groups excluding carboxylic acids is 1. The van der Waals surface area contributed by atoms with Crippen molar-refractivity contribution in [3.8, 4) is 0 Å². The van der Waals surface area contributed by atoms with Gasteiger partial charge >= 0.3 is 0 Å². The number of carbonyl (C=O) groups is 1. The predicted molar refractivity (Wildman–Crippen MR) is 91.6 cm³/mol. The number of hydrogen-bond donors (Lipinski definition) is 1. The predicted octanol–water partition coefficient (Wildman–Crippen LogP) is 4.06. The summed E-state index contributed by atoms with van der Waals surface area (Å²) in [5, 5.41) is 2.63. The molecule has 1 amide bonds. The Labute approximate surface area is 137 Å². The fourth-order valence-corrected chi connectivity index (χ4v) is 2.36. The van der Waals surface area contributed by atoms with Crippen LogP contribution in [-0.2, 0) is 11.3 Å². The topological polar surface area (TPSA) is 32.3 Å². The van der Waals surface area contributed by atoms with Crippen LogP contribution in [0.2, 0.25) is 0 Å². The largest absolute Gasteiger partial charge is 0.324 e. The number of benzene rings is 2. The Morgan fingerprint density at radius 1 is 1.09 bits per heavy atom. The third-order valence-electron chi connectivity index (χ3n) is 3.73. The van der Waals surface area contributed by atoms with Crippen LogP contribution in [0.4, 0.5) is 10.1 Å². The van der Waals surface area contributed by atoms with E-state index in [2.05, 4.69) is 36.2 Å². The lowest BCUT2D eigenvalue weighted by Crippen LogP contribution is -2.33. The van der Waals surface area contributed by atoms with Gasteiger partial charge in [-0.1, -0.05) is 42.5 Å². The zero-order chi connectivity index (χ0) is 16.7. The van der Waals surface area contributed by atoms with Crippen LogP contribution in [0.3, 0.4) is 0 Å². The van der Waals surface area contributed by atoms with E-state index >= 15 is 0 Å². The van der Waals surface area contributed by atoms with Crippen LogP contribution in [0, 0.1) is 5.82 Å². The Morgan fingerprint density at radius 2 is 1.74 bits per heavy atom. The second-order valence-electron chi connectivity index (χ2n) is 5.83. The van der Waals surface area contributed by atoms with E-state index in [1.165, 1.54) is 11.6 Å². The molecule has 0 unspecified atom stereocenters. The van der Waals surface area contributed by atoms with E-state index < -0.39 is 5.82 Å². The lowest BCUT2D eigenvalue weighted by Gasteiger charge is -2.26. The molecule has 0 saturated heterocycles. The first kappa shape index (κ1) is 17.2. The highest BCUT2D eigenvalue weighted by Gasteiger charge is 2.13. The molecule has 0 aliphatic heterocycles. The van der Waals surface area contributed by atoms with E-state index in [4.69, 9.17) is 0 Å². The fraction of sp³-hybridized carbons (Fsp3) is 0.316. The van der Waals surface area contributed by atoms with E-state index in [1.54, 1.807) is 18.2 Å². The van der Waals surface area contributed by atoms with Gasteiger partial charge < -0.3 is 5.32 Å². The molecular weight excluding hydrogens is 291 g/mol. The third-order valence-corrected chi connectivity index (χ3v) is 3.73. The number of nitrogens with zero attached hydrogens (tertiary/aromatic N) is 1. The lowest BCUT2D eigenvalue weighted by molar-refractivity contribution is -0.116. The molecule has 23 heavy (non-hydrogen) atoms. The highest BCUT2D eigenvalue weighted by Crippen LogP contribution is 2.13. The summed E-state index contributed by atoms with van der Waals surface area (Å²) < 4.78 is 13.5. The average Bonchev–Trinajstić information content (AvgIpc) is 2.54. The number of rotatable bonds is 7. The number of amides is 1. The molecule has 0 aliphatic rings. The number of halogens is 1. The maximum atomic E-state index is 13.5. The summed E-state index contributed by atoms with van der Waals surface area (Å²) in [6.07, 6.45) is 0.333. The normalized spacial score (nSPS) is 11.0. The fourth-order valence-electron chi connectivity index (χ4n) is 2.36. The number of nitrogens with one attached hydrogen (secondary N) is 1. The average molecular weight is 314 g/mol. The van der Waals surface area contributed by atoms with Crippen LogP contribution >= 0.6 is 0 Å². The molecule has 2 rings (SSSR count). The molecule has 0 radical (unpaired) electrons. The van der Waals surface area contributed by atoms with Crippen molar-refractivity contribution in [1.82, 2.24) is 4.90 Å². The zero-order valence-electron chi connectivity index (χ0n) is 13.6. The summed E-state index contributed by atoms with van der Waals surface area (Å²) in [7, 11) is 0. The molecular formula is C19H23FN2O. The van der Waals surface area contributed by atoms with Gasteiger partial charge in [0.05, 0.1) is 5.69 Å². The minimum absolute atomic E-state index is 0.172. The van der Waals surface area contributed by atoms with Crippen molar-refractivity contribution in [3.05, 3.63) is 66.0 Å². The first-order valence-corrected chi connectivity index (χ1v) is 7.88. The van der Waals surface area contributed by atoms with Gasteiger partial charge in [-0.3, -0.25) is 9.69 Å². The molecule has 3 nitrogen and oxygen atoms in total. The number of para-hydroxylation sites is 1. The Bertz CT molecular complexity index is 628. The van der Waals surface area contributed by atoms with E-state index in [9.17, 15) is 9.18 Å². The molecule has 4 heteroatoms. The Hall–Kier alpha value is -2.20. The van der Waals surface area contributed by atoms with Gasteiger partial charge in [0, 0.05) is 25.6 Å². The quantitative estimate of drug-likeness (QED) is 0.835. The van der Waals surface area contributed by atoms with Crippen LogP contribution in [0.15, 0.2) is 54.6 Å². The van der Waals surface area contributed by atoms with Crippen LogP contribution in [0.5, 0.6) is 0 Å². The van der Waals surface area contributed by atoms with Crippen molar-refractivity contribution in [2.45, 2.75) is 32.9 Å². The molecule has 0 aliphatic carbocycles. The summed E-state index contributed by atoms with van der Waals surface area (Å²) in [6.45, 7) is 5.65. The van der Waals surface area contributed by atoms with Crippen molar-refractivity contribution >= 4 is 11.6 Å².